The summed E-state index contributed by atoms with van der Waals surface area (Å²) in [7, 11) is 0. The van der Waals surface area contributed by atoms with Crippen LogP contribution < -0.4 is 20.7 Å². The van der Waals surface area contributed by atoms with Gasteiger partial charge in [0.1, 0.15) is 5.75 Å². The summed E-state index contributed by atoms with van der Waals surface area (Å²) in [4.78, 5) is 23.9. The Bertz CT molecular complexity index is 826. The Labute approximate surface area is 174 Å². The van der Waals surface area contributed by atoms with Crippen LogP contribution in [0.2, 0.25) is 10.0 Å². The Hall–Kier alpha value is -2.44. The highest BCUT2D eigenvalue weighted by Gasteiger charge is 2.15. The van der Waals surface area contributed by atoms with Gasteiger partial charge >= 0.3 is 6.03 Å². The Morgan fingerprint density at radius 3 is 2.29 bits per heavy atom. The number of amides is 3. The zero-order chi connectivity index (χ0) is 20.7. The number of urea groups is 1. The maximum Gasteiger partial charge on any atom is 0.319 e. The number of ether oxygens (including phenoxy) is 1. The van der Waals surface area contributed by atoms with Crippen molar-refractivity contribution in [1.82, 2.24) is 10.6 Å². The summed E-state index contributed by atoms with van der Waals surface area (Å²) >= 11 is 11.8. The summed E-state index contributed by atoms with van der Waals surface area (Å²) in [5.41, 5.74) is 1.56. The predicted octanol–water partition coefficient (Wildman–Crippen LogP) is 4.61. The number of benzene rings is 2. The molecule has 0 aliphatic carbocycles. The molecule has 2 rings (SSSR count). The highest BCUT2D eigenvalue weighted by molar-refractivity contribution is 6.42. The Kier molecular flexibility index (Phi) is 7.96. The van der Waals surface area contributed by atoms with E-state index in [1.54, 1.807) is 37.3 Å². The number of nitrogens with one attached hydrogen (secondary N) is 3. The van der Waals surface area contributed by atoms with Gasteiger partial charge in [-0.05, 0) is 50.6 Å². The van der Waals surface area contributed by atoms with Crippen molar-refractivity contribution < 1.29 is 14.3 Å². The van der Waals surface area contributed by atoms with Gasteiger partial charge in [-0.15, -0.1) is 0 Å². The van der Waals surface area contributed by atoms with Crippen LogP contribution in [0.15, 0.2) is 42.5 Å². The van der Waals surface area contributed by atoms with E-state index in [1.165, 1.54) is 0 Å². The third-order valence-corrected chi connectivity index (χ3v) is 4.41. The Morgan fingerprint density at radius 1 is 1.00 bits per heavy atom. The molecule has 2 aromatic carbocycles. The van der Waals surface area contributed by atoms with Gasteiger partial charge in [0.15, 0.2) is 6.10 Å². The maximum atomic E-state index is 12.2. The molecule has 150 valence electrons. The highest BCUT2D eigenvalue weighted by Crippen LogP contribution is 2.26. The minimum Gasteiger partial charge on any atom is -0.481 e. The summed E-state index contributed by atoms with van der Waals surface area (Å²) in [6, 6.07) is 11.8. The van der Waals surface area contributed by atoms with Crippen LogP contribution in [0.3, 0.4) is 0 Å². The molecule has 2 aromatic rings. The van der Waals surface area contributed by atoms with Crippen LogP contribution in [-0.2, 0) is 11.3 Å². The van der Waals surface area contributed by atoms with Crippen molar-refractivity contribution in [3.05, 3.63) is 58.1 Å². The van der Waals surface area contributed by atoms with E-state index in [2.05, 4.69) is 16.0 Å². The van der Waals surface area contributed by atoms with Gasteiger partial charge in [-0.25, -0.2) is 4.79 Å². The quantitative estimate of drug-likeness (QED) is 0.608. The first-order chi connectivity index (χ1) is 13.2. The molecule has 0 saturated carbocycles. The molecule has 0 bridgehead atoms. The Balaban J connectivity index is 1.82. The fourth-order valence-electron chi connectivity index (χ4n) is 2.28. The monoisotopic (exact) mass is 423 g/mol. The molecule has 0 spiro atoms. The molecule has 1 unspecified atom stereocenters. The number of halogens is 2. The largest absolute Gasteiger partial charge is 0.481 e. The summed E-state index contributed by atoms with van der Waals surface area (Å²) in [6.07, 6.45) is -0.696. The van der Waals surface area contributed by atoms with Gasteiger partial charge in [-0.3, -0.25) is 4.79 Å². The van der Waals surface area contributed by atoms with E-state index in [9.17, 15) is 9.59 Å². The fraction of sp³-hybridized carbons (Fsp3) is 0.300. The summed E-state index contributed by atoms with van der Waals surface area (Å²) in [5, 5.41) is 9.08. The van der Waals surface area contributed by atoms with E-state index in [-0.39, 0.29) is 18.0 Å². The molecule has 8 heteroatoms. The van der Waals surface area contributed by atoms with Gasteiger partial charge in [0, 0.05) is 24.3 Å². The standard InChI is InChI=1S/C20H23Cl2N3O3/c1-12(2)24-20(27)25-15-6-4-14(5-7-15)11-23-19(26)13(3)28-16-8-9-17(21)18(22)10-16/h4-10,12-13H,11H2,1-3H3,(H,23,26)(H2,24,25,27). The van der Waals surface area contributed by atoms with Crippen LogP contribution in [0.5, 0.6) is 5.75 Å². The van der Waals surface area contributed by atoms with E-state index in [4.69, 9.17) is 27.9 Å². The van der Waals surface area contributed by atoms with Crippen molar-refractivity contribution in [3.63, 3.8) is 0 Å². The topological polar surface area (TPSA) is 79.5 Å². The lowest BCUT2D eigenvalue weighted by molar-refractivity contribution is -0.127. The molecule has 6 nitrogen and oxygen atoms in total. The highest BCUT2D eigenvalue weighted by atomic mass is 35.5. The fourth-order valence-corrected chi connectivity index (χ4v) is 2.56. The lowest BCUT2D eigenvalue weighted by Gasteiger charge is -2.15. The molecule has 0 aromatic heterocycles. The van der Waals surface area contributed by atoms with Gasteiger partial charge in [0.25, 0.3) is 5.91 Å². The summed E-state index contributed by atoms with van der Waals surface area (Å²) < 4.78 is 5.59. The normalized spacial score (nSPS) is 11.6. The van der Waals surface area contributed by atoms with E-state index in [0.717, 1.165) is 5.56 Å². The number of anilines is 1. The van der Waals surface area contributed by atoms with E-state index < -0.39 is 6.10 Å². The third kappa shape index (κ3) is 6.94. The average Bonchev–Trinajstić information content (AvgIpc) is 2.63. The van der Waals surface area contributed by atoms with E-state index in [0.29, 0.717) is 28.0 Å². The Morgan fingerprint density at radius 2 is 1.68 bits per heavy atom. The molecule has 3 N–H and O–H groups in total. The van der Waals surface area contributed by atoms with Gasteiger partial charge < -0.3 is 20.7 Å². The number of rotatable bonds is 7. The minimum absolute atomic E-state index is 0.0580. The van der Waals surface area contributed by atoms with Crippen LogP contribution in [0.4, 0.5) is 10.5 Å². The molecule has 0 saturated heterocycles. The van der Waals surface area contributed by atoms with Gasteiger partial charge in [0.05, 0.1) is 10.0 Å². The van der Waals surface area contributed by atoms with Crippen LogP contribution in [-0.4, -0.2) is 24.1 Å². The maximum absolute atomic E-state index is 12.2. The van der Waals surface area contributed by atoms with Crippen molar-refractivity contribution in [2.24, 2.45) is 0 Å². The molecular weight excluding hydrogens is 401 g/mol. The zero-order valence-corrected chi connectivity index (χ0v) is 17.4. The first-order valence-corrected chi connectivity index (χ1v) is 9.56. The van der Waals surface area contributed by atoms with Crippen molar-refractivity contribution in [2.75, 3.05) is 5.32 Å². The third-order valence-electron chi connectivity index (χ3n) is 3.67. The molecule has 0 aliphatic rings. The van der Waals surface area contributed by atoms with Crippen LogP contribution in [0.25, 0.3) is 0 Å². The second-order valence-electron chi connectivity index (χ2n) is 6.50. The van der Waals surface area contributed by atoms with Gasteiger partial charge in [-0.2, -0.15) is 0 Å². The number of carbonyl (C=O) groups excluding carboxylic acids is 2. The van der Waals surface area contributed by atoms with Crippen LogP contribution in [0.1, 0.15) is 26.3 Å². The SMILES string of the molecule is CC(C)NC(=O)Nc1ccc(CNC(=O)C(C)Oc2ccc(Cl)c(Cl)c2)cc1. The molecule has 0 aliphatic heterocycles. The van der Waals surface area contributed by atoms with Crippen molar-refractivity contribution >= 4 is 40.8 Å². The number of carbonyl (C=O) groups is 2. The second kappa shape index (κ2) is 10.2. The van der Waals surface area contributed by atoms with Crippen molar-refractivity contribution in [2.45, 2.75) is 39.5 Å². The first kappa shape index (κ1) is 21.9. The van der Waals surface area contributed by atoms with Crippen molar-refractivity contribution in [3.8, 4) is 5.75 Å². The molecule has 0 heterocycles. The predicted molar refractivity (Wildman–Crippen MR) is 112 cm³/mol. The molecule has 1 atom stereocenters. The zero-order valence-electron chi connectivity index (χ0n) is 15.9. The summed E-state index contributed by atoms with van der Waals surface area (Å²) in [5.74, 6) is 0.205. The average molecular weight is 424 g/mol. The molecule has 0 radical (unpaired) electrons. The van der Waals surface area contributed by atoms with Crippen LogP contribution >= 0.6 is 23.2 Å². The van der Waals surface area contributed by atoms with Gasteiger partial charge in [0.2, 0.25) is 0 Å². The molecular formula is C20H23Cl2N3O3. The van der Waals surface area contributed by atoms with E-state index in [1.807, 2.05) is 26.0 Å². The lowest BCUT2D eigenvalue weighted by atomic mass is 10.2. The number of hydrogen-bond donors (Lipinski definition) is 3. The lowest BCUT2D eigenvalue weighted by Crippen LogP contribution is -2.36. The molecule has 0 fully saturated rings. The van der Waals surface area contributed by atoms with Gasteiger partial charge in [-0.1, -0.05) is 35.3 Å². The second-order valence-corrected chi connectivity index (χ2v) is 7.32. The first-order valence-electron chi connectivity index (χ1n) is 8.80. The molecule has 28 heavy (non-hydrogen) atoms. The molecule has 3 amide bonds. The smallest absolute Gasteiger partial charge is 0.319 e. The van der Waals surface area contributed by atoms with Crippen molar-refractivity contribution in [1.29, 1.82) is 0 Å². The summed E-state index contributed by atoms with van der Waals surface area (Å²) in [6.45, 7) is 5.76. The minimum atomic E-state index is -0.696. The number of hydrogen-bond acceptors (Lipinski definition) is 3. The van der Waals surface area contributed by atoms with E-state index >= 15 is 0 Å². The van der Waals surface area contributed by atoms with Crippen LogP contribution in [0, 0.1) is 0 Å².